The summed E-state index contributed by atoms with van der Waals surface area (Å²) in [5.41, 5.74) is 1.28. The second-order valence-corrected chi connectivity index (χ2v) is 5.79. The van der Waals surface area contributed by atoms with Crippen molar-refractivity contribution in [3.8, 4) is 6.07 Å². The van der Waals surface area contributed by atoms with Gasteiger partial charge in [0.25, 0.3) is 5.91 Å². The predicted octanol–water partition coefficient (Wildman–Crippen LogP) is 1.87. The van der Waals surface area contributed by atoms with Gasteiger partial charge in [0.15, 0.2) is 0 Å². The molecule has 104 valence electrons. The molecule has 2 unspecified atom stereocenters. The molecule has 0 bridgehead atoms. The Bertz CT molecular complexity index is 546. The minimum atomic E-state index is 0.0912. The van der Waals surface area contributed by atoms with Gasteiger partial charge in [-0.2, -0.15) is 5.26 Å². The van der Waals surface area contributed by atoms with Crippen LogP contribution in [-0.4, -0.2) is 47.4 Å². The highest BCUT2D eigenvalue weighted by Gasteiger charge is 2.36. The van der Waals surface area contributed by atoms with Crippen molar-refractivity contribution in [2.75, 3.05) is 19.6 Å². The van der Waals surface area contributed by atoms with Crippen LogP contribution in [0.25, 0.3) is 0 Å². The Kier molecular flexibility index (Phi) is 3.45. The molecule has 2 fully saturated rings. The van der Waals surface area contributed by atoms with Crippen LogP contribution in [0.15, 0.2) is 24.3 Å². The molecule has 2 heterocycles. The number of hydrogen-bond donors (Lipinski definition) is 0. The second-order valence-electron chi connectivity index (χ2n) is 5.79. The monoisotopic (exact) mass is 269 g/mol. The Balaban J connectivity index is 1.77. The lowest BCUT2D eigenvalue weighted by Crippen LogP contribution is -2.56. The standard InChI is InChI=1S/C16H19N3O/c1-12-10-18-8-2-3-15(18)11-19(12)16(20)14-6-4-13(9-17)5-7-14/h4-7,12,15H,2-3,8,10-11H2,1H3. The Morgan fingerprint density at radius 3 is 2.75 bits per heavy atom. The lowest BCUT2D eigenvalue weighted by molar-refractivity contribution is 0.0395. The van der Waals surface area contributed by atoms with Crippen LogP contribution in [-0.2, 0) is 0 Å². The predicted molar refractivity (Wildman–Crippen MR) is 76.3 cm³/mol. The number of benzene rings is 1. The molecule has 20 heavy (non-hydrogen) atoms. The van der Waals surface area contributed by atoms with Gasteiger partial charge in [0.05, 0.1) is 11.6 Å². The first-order valence-corrected chi connectivity index (χ1v) is 7.24. The van der Waals surface area contributed by atoms with Crippen molar-refractivity contribution >= 4 is 5.91 Å². The number of nitrogens with zero attached hydrogens (tertiary/aromatic N) is 3. The summed E-state index contributed by atoms with van der Waals surface area (Å²) in [7, 11) is 0. The molecule has 1 amide bonds. The molecule has 1 aromatic rings. The maximum absolute atomic E-state index is 12.6. The summed E-state index contributed by atoms with van der Waals surface area (Å²) < 4.78 is 0. The van der Waals surface area contributed by atoms with Gasteiger partial charge in [-0.1, -0.05) is 0 Å². The first-order chi connectivity index (χ1) is 9.69. The van der Waals surface area contributed by atoms with E-state index in [1.54, 1.807) is 24.3 Å². The quantitative estimate of drug-likeness (QED) is 0.782. The van der Waals surface area contributed by atoms with Crippen molar-refractivity contribution in [1.82, 2.24) is 9.80 Å². The van der Waals surface area contributed by atoms with Crippen LogP contribution in [0.2, 0.25) is 0 Å². The minimum Gasteiger partial charge on any atom is -0.333 e. The number of rotatable bonds is 1. The molecular weight excluding hydrogens is 250 g/mol. The molecule has 3 rings (SSSR count). The summed E-state index contributed by atoms with van der Waals surface area (Å²) in [6.45, 7) is 5.11. The van der Waals surface area contributed by atoms with Crippen molar-refractivity contribution < 1.29 is 4.79 Å². The average Bonchev–Trinajstić information content (AvgIpc) is 2.93. The van der Waals surface area contributed by atoms with E-state index in [0.717, 1.165) is 13.1 Å². The molecular formula is C16H19N3O. The van der Waals surface area contributed by atoms with Gasteiger partial charge in [-0.05, 0) is 50.6 Å². The number of carbonyl (C=O) groups excluding carboxylic acids is 1. The smallest absolute Gasteiger partial charge is 0.254 e. The highest BCUT2D eigenvalue weighted by atomic mass is 16.2. The average molecular weight is 269 g/mol. The molecule has 0 aromatic heterocycles. The van der Waals surface area contributed by atoms with Gasteiger partial charge in [-0.25, -0.2) is 0 Å². The topological polar surface area (TPSA) is 47.3 Å². The van der Waals surface area contributed by atoms with Gasteiger partial charge in [-0.15, -0.1) is 0 Å². The fourth-order valence-electron chi connectivity index (χ4n) is 3.32. The van der Waals surface area contributed by atoms with Gasteiger partial charge in [0, 0.05) is 30.7 Å². The Morgan fingerprint density at radius 1 is 1.30 bits per heavy atom. The van der Waals surface area contributed by atoms with Crippen LogP contribution in [0.1, 0.15) is 35.7 Å². The number of carbonyl (C=O) groups is 1. The van der Waals surface area contributed by atoms with E-state index < -0.39 is 0 Å². The normalized spacial score (nSPS) is 26.1. The van der Waals surface area contributed by atoms with Gasteiger partial charge in [0.1, 0.15) is 0 Å². The molecule has 0 N–H and O–H groups in total. The number of nitriles is 1. The van der Waals surface area contributed by atoms with E-state index in [1.807, 2.05) is 4.90 Å². The lowest BCUT2D eigenvalue weighted by Gasteiger charge is -2.42. The van der Waals surface area contributed by atoms with Gasteiger partial charge >= 0.3 is 0 Å². The van der Waals surface area contributed by atoms with E-state index in [0.29, 0.717) is 17.2 Å². The fraction of sp³-hybridized carbons (Fsp3) is 0.500. The highest BCUT2D eigenvalue weighted by molar-refractivity contribution is 5.94. The molecule has 2 aliphatic rings. The van der Waals surface area contributed by atoms with Crippen LogP contribution in [0.5, 0.6) is 0 Å². The molecule has 1 aromatic carbocycles. The zero-order valence-electron chi connectivity index (χ0n) is 11.7. The van der Waals surface area contributed by atoms with E-state index in [1.165, 1.54) is 19.4 Å². The van der Waals surface area contributed by atoms with Crippen molar-refractivity contribution in [2.45, 2.75) is 31.8 Å². The van der Waals surface area contributed by atoms with Crippen molar-refractivity contribution in [2.24, 2.45) is 0 Å². The van der Waals surface area contributed by atoms with E-state index in [2.05, 4.69) is 17.9 Å². The van der Waals surface area contributed by atoms with Crippen LogP contribution in [0.3, 0.4) is 0 Å². The van der Waals surface area contributed by atoms with Crippen LogP contribution in [0, 0.1) is 11.3 Å². The summed E-state index contributed by atoms with van der Waals surface area (Å²) in [6.07, 6.45) is 2.44. The van der Waals surface area contributed by atoms with E-state index in [9.17, 15) is 4.79 Å². The van der Waals surface area contributed by atoms with E-state index in [-0.39, 0.29) is 11.9 Å². The van der Waals surface area contributed by atoms with E-state index >= 15 is 0 Å². The van der Waals surface area contributed by atoms with Crippen LogP contribution >= 0.6 is 0 Å². The second kappa shape index (κ2) is 5.26. The summed E-state index contributed by atoms with van der Waals surface area (Å²) in [5.74, 6) is 0.0912. The van der Waals surface area contributed by atoms with Crippen molar-refractivity contribution in [1.29, 1.82) is 5.26 Å². The summed E-state index contributed by atoms with van der Waals surface area (Å²) in [4.78, 5) is 17.1. The lowest BCUT2D eigenvalue weighted by atomic mass is 10.1. The van der Waals surface area contributed by atoms with Crippen LogP contribution in [0.4, 0.5) is 0 Å². The number of fused-ring (bicyclic) bond motifs is 1. The zero-order chi connectivity index (χ0) is 14.1. The first-order valence-electron chi connectivity index (χ1n) is 7.24. The highest BCUT2D eigenvalue weighted by Crippen LogP contribution is 2.25. The molecule has 4 nitrogen and oxygen atoms in total. The van der Waals surface area contributed by atoms with Gasteiger partial charge in [-0.3, -0.25) is 9.69 Å². The maximum Gasteiger partial charge on any atom is 0.254 e. The van der Waals surface area contributed by atoms with Gasteiger partial charge in [0.2, 0.25) is 0 Å². The molecule has 0 radical (unpaired) electrons. The molecule has 2 aliphatic heterocycles. The summed E-state index contributed by atoms with van der Waals surface area (Å²) >= 11 is 0. The number of piperazine rings is 1. The number of hydrogen-bond acceptors (Lipinski definition) is 3. The molecule has 0 spiro atoms. The zero-order valence-corrected chi connectivity index (χ0v) is 11.7. The molecule has 2 saturated heterocycles. The maximum atomic E-state index is 12.6. The minimum absolute atomic E-state index is 0.0912. The first kappa shape index (κ1) is 13.1. The van der Waals surface area contributed by atoms with Crippen molar-refractivity contribution in [3.05, 3.63) is 35.4 Å². The van der Waals surface area contributed by atoms with Crippen molar-refractivity contribution in [3.63, 3.8) is 0 Å². The third-order valence-corrected chi connectivity index (χ3v) is 4.46. The Labute approximate surface area is 119 Å². The molecule has 0 saturated carbocycles. The molecule has 4 heteroatoms. The molecule has 2 atom stereocenters. The third kappa shape index (κ3) is 2.30. The Hall–Kier alpha value is -1.86. The SMILES string of the molecule is CC1CN2CCCC2CN1C(=O)c1ccc(C#N)cc1. The summed E-state index contributed by atoms with van der Waals surface area (Å²) in [5, 5.41) is 8.81. The fourth-order valence-corrected chi connectivity index (χ4v) is 3.32. The largest absolute Gasteiger partial charge is 0.333 e. The summed E-state index contributed by atoms with van der Waals surface area (Å²) in [6, 6.07) is 9.81. The molecule has 0 aliphatic carbocycles. The Morgan fingerprint density at radius 2 is 2.05 bits per heavy atom. The van der Waals surface area contributed by atoms with E-state index in [4.69, 9.17) is 5.26 Å². The number of amides is 1. The van der Waals surface area contributed by atoms with Crippen LogP contribution < -0.4 is 0 Å². The van der Waals surface area contributed by atoms with Gasteiger partial charge < -0.3 is 4.90 Å². The third-order valence-electron chi connectivity index (χ3n) is 4.46.